The molecule has 0 spiro atoms. The van der Waals surface area contributed by atoms with Crippen molar-refractivity contribution in [1.29, 1.82) is 0 Å². The first-order chi connectivity index (χ1) is 7.15. The summed E-state index contributed by atoms with van der Waals surface area (Å²) in [5.41, 5.74) is 1.83. The Balaban J connectivity index is 2.43. The van der Waals surface area contributed by atoms with Gasteiger partial charge in [-0.1, -0.05) is 13.3 Å². The number of thioether (sulfide) groups is 1. The van der Waals surface area contributed by atoms with Gasteiger partial charge in [0.15, 0.2) is 0 Å². The van der Waals surface area contributed by atoms with Crippen molar-refractivity contribution >= 4 is 17.7 Å². The molecule has 0 atom stereocenters. The molecular formula is C11H18N2OS. The summed E-state index contributed by atoms with van der Waals surface area (Å²) in [6.45, 7) is 5.97. The van der Waals surface area contributed by atoms with Gasteiger partial charge in [0.1, 0.15) is 0 Å². The van der Waals surface area contributed by atoms with Crippen LogP contribution in [0.4, 0.5) is 0 Å². The first-order valence-corrected chi connectivity index (χ1v) is 6.45. The molecule has 0 bridgehead atoms. The molecule has 4 heteroatoms. The van der Waals surface area contributed by atoms with Gasteiger partial charge < -0.3 is 0 Å². The van der Waals surface area contributed by atoms with E-state index in [-0.39, 0.29) is 5.91 Å². The van der Waals surface area contributed by atoms with Crippen molar-refractivity contribution in [3.05, 3.63) is 17.5 Å². The molecule has 0 amide bonds. The van der Waals surface area contributed by atoms with Crippen molar-refractivity contribution in [2.75, 3.05) is 11.5 Å². The third kappa shape index (κ3) is 3.70. The van der Waals surface area contributed by atoms with Crippen LogP contribution in [0.3, 0.4) is 0 Å². The van der Waals surface area contributed by atoms with E-state index in [1.165, 1.54) is 17.5 Å². The number of nitrogens with zero attached hydrogens (tertiary/aromatic N) is 2. The molecule has 0 radical (unpaired) electrons. The molecule has 1 rings (SSSR count). The number of aryl methyl sites for hydroxylation is 2. The number of unbranched alkanes of at least 4 members (excludes halogenated alkanes) is 1. The Hall–Kier alpha value is -0.770. The number of hydrogen-bond acceptors (Lipinski definition) is 3. The van der Waals surface area contributed by atoms with Crippen LogP contribution in [0.2, 0.25) is 0 Å². The van der Waals surface area contributed by atoms with E-state index in [0.29, 0.717) is 5.75 Å². The summed E-state index contributed by atoms with van der Waals surface area (Å²) in [4.78, 5) is 11.7. The minimum atomic E-state index is 0.0849. The number of hydrogen-bond donors (Lipinski definition) is 0. The summed E-state index contributed by atoms with van der Waals surface area (Å²) in [7, 11) is 0. The van der Waals surface area contributed by atoms with Gasteiger partial charge in [-0.25, -0.2) is 4.68 Å². The zero-order valence-electron chi connectivity index (χ0n) is 9.62. The fourth-order valence-corrected chi connectivity index (χ4v) is 2.28. The SMILES string of the molecule is CCCCSCC(=O)n1nc(C)cc1C. The van der Waals surface area contributed by atoms with Crippen LogP contribution in [-0.4, -0.2) is 27.2 Å². The quantitative estimate of drug-likeness (QED) is 0.724. The van der Waals surface area contributed by atoms with Crippen LogP contribution in [0.1, 0.15) is 35.9 Å². The summed E-state index contributed by atoms with van der Waals surface area (Å²) in [5, 5.41) is 4.16. The molecule has 0 aliphatic rings. The smallest absolute Gasteiger partial charge is 0.257 e. The highest BCUT2D eigenvalue weighted by Crippen LogP contribution is 2.07. The fourth-order valence-electron chi connectivity index (χ4n) is 1.35. The topological polar surface area (TPSA) is 34.9 Å². The van der Waals surface area contributed by atoms with E-state index in [2.05, 4.69) is 12.0 Å². The molecule has 0 aromatic carbocycles. The van der Waals surface area contributed by atoms with Crippen molar-refractivity contribution in [3.63, 3.8) is 0 Å². The number of carbonyl (C=O) groups excluding carboxylic acids is 1. The van der Waals surface area contributed by atoms with Crippen LogP contribution in [0.15, 0.2) is 6.07 Å². The zero-order valence-corrected chi connectivity index (χ0v) is 10.4. The molecule has 3 nitrogen and oxygen atoms in total. The monoisotopic (exact) mass is 226 g/mol. The molecule has 1 heterocycles. The van der Waals surface area contributed by atoms with Crippen molar-refractivity contribution in [3.8, 4) is 0 Å². The molecule has 0 saturated heterocycles. The first-order valence-electron chi connectivity index (χ1n) is 5.29. The van der Waals surface area contributed by atoms with Crippen LogP contribution in [0.5, 0.6) is 0 Å². The third-order valence-corrected chi connectivity index (χ3v) is 3.14. The lowest BCUT2D eigenvalue weighted by Gasteiger charge is -2.02. The van der Waals surface area contributed by atoms with Gasteiger partial charge in [0.25, 0.3) is 5.91 Å². The summed E-state index contributed by atoms with van der Waals surface area (Å²) in [6, 6.07) is 1.93. The standard InChI is InChI=1S/C11H18N2OS/c1-4-5-6-15-8-11(14)13-10(3)7-9(2)12-13/h7H,4-6,8H2,1-3H3. The molecular weight excluding hydrogens is 208 g/mol. The van der Waals surface area contributed by atoms with E-state index in [0.717, 1.165) is 17.1 Å². The normalized spacial score (nSPS) is 10.6. The average molecular weight is 226 g/mol. The minimum absolute atomic E-state index is 0.0849. The van der Waals surface area contributed by atoms with Gasteiger partial charge in [-0.15, -0.1) is 0 Å². The lowest BCUT2D eigenvalue weighted by molar-refractivity contribution is 0.0924. The molecule has 15 heavy (non-hydrogen) atoms. The molecule has 1 aromatic rings. The van der Waals surface area contributed by atoms with E-state index in [1.54, 1.807) is 11.8 Å². The molecule has 84 valence electrons. The van der Waals surface area contributed by atoms with Gasteiger partial charge in [0, 0.05) is 5.69 Å². The maximum absolute atomic E-state index is 11.7. The highest BCUT2D eigenvalue weighted by Gasteiger charge is 2.09. The Kier molecular flexibility index (Phi) is 4.88. The van der Waals surface area contributed by atoms with Crippen molar-refractivity contribution in [2.45, 2.75) is 33.6 Å². The van der Waals surface area contributed by atoms with Crippen molar-refractivity contribution in [1.82, 2.24) is 9.78 Å². The van der Waals surface area contributed by atoms with Crippen molar-refractivity contribution < 1.29 is 4.79 Å². The maximum atomic E-state index is 11.7. The average Bonchev–Trinajstić information content (AvgIpc) is 2.52. The van der Waals surface area contributed by atoms with Crippen LogP contribution < -0.4 is 0 Å². The second-order valence-corrected chi connectivity index (χ2v) is 4.74. The van der Waals surface area contributed by atoms with Gasteiger partial charge in [-0.05, 0) is 32.1 Å². The van der Waals surface area contributed by atoms with E-state index in [1.807, 2.05) is 19.9 Å². The van der Waals surface area contributed by atoms with Gasteiger partial charge in [0.2, 0.25) is 0 Å². The summed E-state index contributed by atoms with van der Waals surface area (Å²) < 4.78 is 1.51. The number of aromatic nitrogens is 2. The van der Waals surface area contributed by atoms with Gasteiger partial charge in [0.05, 0.1) is 11.4 Å². The molecule has 0 unspecified atom stereocenters. The highest BCUT2D eigenvalue weighted by atomic mass is 32.2. The summed E-state index contributed by atoms with van der Waals surface area (Å²) >= 11 is 1.69. The lowest BCUT2D eigenvalue weighted by atomic mass is 10.4. The van der Waals surface area contributed by atoms with Crippen LogP contribution in [-0.2, 0) is 0 Å². The zero-order chi connectivity index (χ0) is 11.3. The first kappa shape index (κ1) is 12.3. The second-order valence-electron chi connectivity index (χ2n) is 3.64. The fraction of sp³-hybridized carbons (Fsp3) is 0.636. The van der Waals surface area contributed by atoms with E-state index in [9.17, 15) is 4.79 Å². The third-order valence-electron chi connectivity index (χ3n) is 2.11. The number of carbonyl (C=O) groups is 1. The van der Waals surface area contributed by atoms with Crippen LogP contribution in [0.25, 0.3) is 0 Å². The largest absolute Gasteiger partial charge is 0.272 e. The second kappa shape index (κ2) is 5.95. The predicted octanol–water partition coefficient (Wildman–Crippen LogP) is 2.67. The van der Waals surface area contributed by atoms with Crippen LogP contribution in [0, 0.1) is 13.8 Å². The van der Waals surface area contributed by atoms with E-state index >= 15 is 0 Å². The Morgan fingerprint density at radius 3 is 2.80 bits per heavy atom. The summed E-state index contributed by atoms with van der Waals surface area (Å²) in [6.07, 6.45) is 2.36. The molecule has 0 fully saturated rings. The highest BCUT2D eigenvalue weighted by molar-refractivity contribution is 7.99. The molecule has 1 aromatic heterocycles. The maximum Gasteiger partial charge on any atom is 0.257 e. The molecule has 0 N–H and O–H groups in total. The van der Waals surface area contributed by atoms with Crippen LogP contribution >= 0.6 is 11.8 Å². The Morgan fingerprint density at radius 1 is 1.53 bits per heavy atom. The van der Waals surface area contributed by atoms with Gasteiger partial charge >= 0.3 is 0 Å². The Morgan fingerprint density at radius 2 is 2.27 bits per heavy atom. The van der Waals surface area contributed by atoms with E-state index < -0.39 is 0 Å². The molecule has 0 aliphatic carbocycles. The molecule has 0 saturated carbocycles. The molecule has 0 aliphatic heterocycles. The minimum Gasteiger partial charge on any atom is -0.272 e. The lowest BCUT2D eigenvalue weighted by Crippen LogP contribution is -2.16. The van der Waals surface area contributed by atoms with Gasteiger partial charge in [-0.3, -0.25) is 4.79 Å². The Bertz CT molecular complexity index is 333. The van der Waals surface area contributed by atoms with Crippen molar-refractivity contribution in [2.24, 2.45) is 0 Å². The van der Waals surface area contributed by atoms with E-state index in [4.69, 9.17) is 0 Å². The predicted molar refractivity (Wildman–Crippen MR) is 64.6 cm³/mol. The summed E-state index contributed by atoms with van der Waals surface area (Å²) in [5.74, 6) is 1.67. The van der Waals surface area contributed by atoms with Gasteiger partial charge in [-0.2, -0.15) is 16.9 Å². The number of rotatable bonds is 5. The Labute approximate surface area is 95.2 Å².